The normalized spacial score (nSPS) is 28.6. The van der Waals surface area contributed by atoms with Gasteiger partial charge in [0.2, 0.25) is 0 Å². The highest BCUT2D eigenvalue weighted by Gasteiger charge is 2.21. The minimum atomic E-state index is 0.419. The average molecular weight is 240 g/mol. The molecule has 1 aliphatic heterocycles. The molecule has 0 radical (unpaired) electrons. The van der Waals surface area contributed by atoms with E-state index in [0.717, 1.165) is 5.92 Å². The zero-order valence-electron chi connectivity index (χ0n) is 10.4. The van der Waals surface area contributed by atoms with Crippen molar-refractivity contribution in [1.29, 1.82) is 0 Å². The molecular weight excluding hydrogens is 216 g/mol. The fourth-order valence-corrected chi connectivity index (χ4v) is 3.85. The first-order valence-electron chi connectivity index (χ1n) is 6.77. The number of hydrogen-bond donors (Lipinski definition) is 0. The summed E-state index contributed by atoms with van der Waals surface area (Å²) >= 11 is 2.09. The van der Waals surface area contributed by atoms with Gasteiger partial charge in [0.1, 0.15) is 0 Å². The second-order valence-corrected chi connectivity index (χ2v) is 6.31. The Morgan fingerprint density at radius 3 is 2.75 bits per heavy atom. The van der Waals surface area contributed by atoms with Crippen LogP contribution in [0.15, 0.2) is 11.8 Å². The molecule has 1 aliphatic carbocycles. The molecule has 0 aromatic rings. The lowest BCUT2D eigenvalue weighted by Gasteiger charge is -2.27. The number of thioether (sulfide) groups is 1. The van der Waals surface area contributed by atoms with Crippen molar-refractivity contribution in [1.82, 2.24) is 0 Å². The van der Waals surface area contributed by atoms with Gasteiger partial charge in [-0.2, -0.15) is 11.8 Å². The standard InChI is InChI=1S/C14H24OS/c1-12(14-8-5-9-16-11-14)15-10-13-6-3-2-4-7-13/h10,12,14H,2-9,11H2,1H3. The second-order valence-electron chi connectivity index (χ2n) is 5.16. The Morgan fingerprint density at radius 1 is 1.25 bits per heavy atom. The van der Waals surface area contributed by atoms with Gasteiger partial charge < -0.3 is 4.74 Å². The van der Waals surface area contributed by atoms with Crippen molar-refractivity contribution < 1.29 is 4.74 Å². The first-order valence-corrected chi connectivity index (χ1v) is 7.93. The fourth-order valence-electron chi connectivity index (χ4n) is 2.57. The van der Waals surface area contributed by atoms with E-state index in [-0.39, 0.29) is 0 Å². The molecule has 0 aromatic carbocycles. The number of ether oxygens (including phenoxy) is 1. The molecule has 92 valence electrons. The van der Waals surface area contributed by atoms with Crippen molar-refractivity contribution in [3.05, 3.63) is 11.8 Å². The molecule has 2 rings (SSSR count). The maximum Gasteiger partial charge on any atom is 0.0986 e. The molecule has 2 atom stereocenters. The van der Waals surface area contributed by atoms with E-state index < -0.39 is 0 Å². The van der Waals surface area contributed by atoms with E-state index in [1.165, 1.54) is 56.5 Å². The maximum atomic E-state index is 5.95. The number of allylic oxidation sites excluding steroid dienone is 1. The van der Waals surface area contributed by atoms with Gasteiger partial charge >= 0.3 is 0 Å². The molecule has 1 nitrogen and oxygen atoms in total. The van der Waals surface area contributed by atoms with Gasteiger partial charge in [-0.15, -0.1) is 0 Å². The van der Waals surface area contributed by atoms with Crippen molar-refractivity contribution >= 4 is 11.8 Å². The lowest BCUT2D eigenvalue weighted by molar-refractivity contribution is 0.103. The molecule has 16 heavy (non-hydrogen) atoms. The van der Waals surface area contributed by atoms with Gasteiger partial charge in [-0.3, -0.25) is 0 Å². The summed E-state index contributed by atoms with van der Waals surface area (Å²) in [7, 11) is 0. The van der Waals surface area contributed by atoms with Gasteiger partial charge in [0.05, 0.1) is 12.4 Å². The lowest BCUT2D eigenvalue weighted by Crippen LogP contribution is -2.24. The predicted octanol–water partition coefficient (Wildman–Crippen LogP) is 4.38. The van der Waals surface area contributed by atoms with Crippen LogP contribution in [-0.2, 0) is 4.74 Å². The van der Waals surface area contributed by atoms with Crippen molar-refractivity contribution in [2.45, 2.75) is 58.0 Å². The molecular formula is C14H24OS. The Bertz CT molecular complexity index is 223. The van der Waals surface area contributed by atoms with E-state index in [9.17, 15) is 0 Å². The van der Waals surface area contributed by atoms with E-state index in [4.69, 9.17) is 4.74 Å². The Labute approximate surface area is 104 Å². The zero-order chi connectivity index (χ0) is 11.2. The fraction of sp³-hybridized carbons (Fsp3) is 0.857. The highest BCUT2D eigenvalue weighted by Crippen LogP contribution is 2.28. The molecule has 0 spiro atoms. The molecule has 0 aromatic heterocycles. The van der Waals surface area contributed by atoms with Crippen LogP contribution in [0.3, 0.4) is 0 Å². The lowest BCUT2D eigenvalue weighted by atomic mass is 9.96. The Hall–Kier alpha value is -0.110. The van der Waals surface area contributed by atoms with E-state index in [2.05, 4.69) is 24.9 Å². The molecule has 0 bridgehead atoms. The van der Waals surface area contributed by atoms with Gasteiger partial charge in [0.25, 0.3) is 0 Å². The second kappa shape index (κ2) is 6.58. The van der Waals surface area contributed by atoms with E-state index in [0.29, 0.717) is 6.10 Å². The third-order valence-corrected chi connectivity index (χ3v) is 5.05. The van der Waals surface area contributed by atoms with E-state index >= 15 is 0 Å². The average Bonchev–Trinajstić information content (AvgIpc) is 2.38. The summed E-state index contributed by atoms with van der Waals surface area (Å²) in [4.78, 5) is 0. The summed E-state index contributed by atoms with van der Waals surface area (Å²) in [6, 6.07) is 0. The topological polar surface area (TPSA) is 9.23 Å². The summed E-state index contributed by atoms with van der Waals surface area (Å²) in [5.41, 5.74) is 1.54. The van der Waals surface area contributed by atoms with Crippen molar-refractivity contribution in [2.24, 2.45) is 5.92 Å². The van der Waals surface area contributed by atoms with Gasteiger partial charge in [-0.1, -0.05) is 6.42 Å². The summed E-state index contributed by atoms with van der Waals surface area (Å²) < 4.78 is 5.95. The molecule has 0 amide bonds. The van der Waals surface area contributed by atoms with E-state index in [1.807, 2.05) is 0 Å². The number of rotatable bonds is 3. The summed E-state index contributed by atoms with van der Waals surface area (Å²) in [5, 5.41) is 0. The van der Waals surface area contributed by atoms with Crippen LogP contribution in [0.1, 0.15) is 51.9 Å². The predicted molar refractivity (Wildman–Crippen MR) is 71.8 cm³/mol. The smallest absolute Gasteiger partial charge is 0.0986 e. The van der Waals surface area contributed by atoms with Crippen LogP contribution in [0, 0.1) is 5.92 Å². The quantitative estimate of drug-likeness (QED) is 0.677. The molecule has 1 saturated heterocycles. The Morgan fingerprint density at radius 2 is 2.06 bits per heavy atom. The molecule has 2 heteroatoms. The Kier molecular flexibility index (Phi) is 5.08. The molecule has 0 N–H and O–H groups in total. The van der Waals surface area contributed by atoms with Crippen LogP contribution in [0.25, 0.3) is 0 Å². The highest BCUT2D eigenvalue weighted by atomic mass is 32.2. The Balaban J connectivity index is 1.74. The molecule has 1 saturated carbocycles. The summed E-state index contributed by atoms with van der Waals surface area (Å²) in [6.45, 7) is 2.25. The van der Waals surface area contributed by atoms with Crippen LogP contribution in [0.2, 0.25) is 0 Å². The van der Waals surface area contributed by atoms with E-state index in [1.54, 1.807) is 5.57 Å². The minimum Gasteiger partial charge on any atom is -0.498 e. The van der Waals surface area contributed by atoms with Crippen LogP contribution in [-0.4, -0.2) is 17.6 Å². The first-order chi connectivity index (χ1) is 7.86. The van der Waals surface area contributed by atoms with Crippen molar-refractivity contribution in [3.8, 4) is 0 Å². The summed E-state index contributed by atoms with van der Waals surface area (Å²) in [5.74, 6) is 3.42. The van der Waals surface area contributed by atoms with Crippen molar-refractivity contribution in [3.63, 3.8) is 0 Å². The SMILES string of the molecule is CC(OC=C1CCCCC1)C1CCCSC1. The van der Waals surface area contributed by atoms with Crippen LogP contribution in [0.5, 0.6) is 0 Å². The van der Waals surface area contributed by atoms with Gasteiger partial charge in [0.15, 0.2) is 0 Å². The largest absolute Gasteiger partial charge is 0.498 e. The van der Waals surface area contributed by atoms with Gasteiger partial charge in [-0.25, -0.2) is 0 Å². The first kappa shape index (κ1) is 12.3. The highest BCUT2D eigenvalue weighted by molar-refractivity contribution is 7.99. The van der Waals surface area contributed by atoms with Gasteiger partial charge in [0, 0.05) is 5.92 Å². The third kappa shape index (κ3) is 3.73. The van der Waals surface area contributed by atoms with Crippen LogP contribution in [0.4, 0.5) is 0 Å². The monoisotopic (exact) mass is 240 g/mol. The van der Waals surface area contributed by atoms with Crippen molar-refractivity contribution in [2.75, 3.05) is 11.5 Å². The van der Waals surface area contributed by atoms with Gasteiger partial charge in [-0.05, 0) is 62.5 Å². The van der Waals surface area contributed by atoms with Crippen LogP contribution >= 0.6 is 11.8 Å². The maximum absolute atomic E-state index is 5.95. The van der Waals surface area contributed by atoms with Crippen LogP contribution < -0.4 is 0 Å². The molecule has 1 heterocycles. The molecule has 2 fully saturated rings. The number of hydrogen-bond acceptors (Lipinski definition) is 2. The molecule has 2 aliphatic rings. The third-order valence-electron chi connectivity index (χ3n) is 3.80. The summed E-state index contributed by atoms with van der Waals surface area (Å²) in [6.07, 6.45) is 11.9. The minimum absolute atomic E-state index is 0.419. The zero-order valence-corrected chi connectivity index (χ0v) is 11.2. The molecule has 2 unspecified atom stereocenters.